The summed E-state index contributed by atoms with van der Waals surface area (Å²) in [5.41, 5.74) is 6.86. The molecule has 12 heavy (non-hydrogen) atoms. The van der Waals surface area contributed by atoms with Crippen LogP contribution in [0.15, 0.2) is 28.7 Å². The van der Waals surface area contributed by atoms with E-state index < -0.39 is 0 Å². The lowest BCUT2D eigenvalue weighted by atomic mass is 10.1. The summed E-state index contributed by atoms with van der Waals surface area (Å²) in [7, 11) is 0. The third-order valence-electron chi connectivity index (χ3n) is 1.74. The van der Waals surface area contributed by atoms with Gasteiger partial charge in [-0.25, -0.2) is 0 Å². The molecule has 1 atom stereocenters. The van der Waals surface area contributed by atoms with Crippen LogP contribution in [0.1, 0.15) is 18.0 Å². The van der Waals surface area contributed by atoms with E-state index in [1.165, 1.54) is 0 Å². The molecule has 66 valence electrons. The largest absolute Gasteiger partial charge is 0.396 e. The smallest absolute Gasteiger partial charge is 0.0449 e. The molecule has 0 heterocycles. The topological polar surface area (TPSA) is 46.2 Å². The molecule has 1 aromatic carbocycles. The van der Waals surface area contributed by atoms with Gasteiger partial charge in [-0.05, 0) is 18.1 Å². The van der Waals surface area contributed by atoms with E-state index in [2.05, 4.69) is 15.9 Å². The number of aliphatic hydroxyl groups is 1. The van der Waals surface area contributed by atoms with Crippen molar-refractivity contribution in [3.63, 3.8) is 0 Å². The highest BCUT2D eigenvalue weighted by molar-refractivity contribution is 9.10. The number of benzene rings is 1. The predicted octanol–water partition coefficient (Wildman–Crippen LogP) is 1.83. The van der Waals surface area contributed by atoms with Crippen molar-refractivity contribution >= 4 is 15.9 Å². The SMILES string of the molecule is N[C@@H](CCO)c1ccccc1Br. The fourth-order valence-corrected chi connectivity index (χ4v) is 1.65. The molecule has 3 heteroatoms. The van der Waals surface area contributed by atoms with Crippen LogP contribution >= 0.6 is 15.9 Å². The van der Waals surface area contributed by atoms with Crippen LogP contribution in [0.2, 0.25) is 0 Å². The Labute approximate surface area is 80.5 Å². The number of rotatable bonds is 3. The van der Waals surface area contributed by atoms with Gasteiger partial charge in [0.1, 0.15) is 0 Å². The molecule has 0 aromatic heterocycles. The van der Waals surface area contributed by atoms with Gasteiger partial charge in [0.2, 0.25) is 0 Å². The first-order valence-corrected chi connectivity index (χ1v) is 4.66. The highest BCUT2D eigenvalue weighted by Crippen LogP contribution is 2.22. The summed E-state index contributed by atoms with van der Waals surface area (Å²) in [5, 5.41) is 8.69. The molecule has 0 aliphatic carbocycles. The van der Waals surface area contributed by atoms with Crippen LogP contribution in [-0.4, -0.2) is 11.7 Å². The Balaban J connectivity index is 2.79. The van der Waals surface area contributed by atoms with Gasteiger partial charge in [0.25, 0.3) is 0 Å². The molecule has 0 saturated heterocycles. The Bertz CT molecular complexity index is 252. The van der Waals surface area contributed by atoms with Crippen LogP contribution in [-0.2, 0) is 0 Å². The predicted molar refractivity (Wildman–Crippen MR) is 52.8 cm³/mol. The molecule has 1 aromatic rings. The molecule has 2 nitrogen and oxygen atoms in total. The zero-order valence-corrected chi connectivity index (χ0v) is 8.29. The Morgan fingerprint density at radius 1 is 1.42 bits per heavy atom. The molecule has 0 aliphatic heterocycles. The van der Waals surface area contributed by atoms with E-state index in [0.29, 0.717) is 6.42 Å². The van der Waals surface area contributed by atoms with Crippen LogP contribution in [0.3, 0.4) is 0 Å². The number of halogens is 1. The molecule has 0 bridgehead atoms. The third-order valence-corrected chi connectivity index (χ3v) is 2.47. The van der Waals surface area contributed by atoms with Crippen molar-refractivity contribution in [2.75, 3.05) is 6.61 Å². The first kappa shape index (κ1) is 9.71. The summed E-state index contributed by atoms with van der Waals surface area (Å²) in [6, 6.07) is 7.72. The monoisotopic (exact) mass is 229 g/mol. The molecule has 0 spiro atoms. The Hall–Kier alpha value is -0.380. The van der Waals surface area contributed by atoms with Crippen molar-refractivity contribution in [2.24, 2.45) is 5.73 Å². The highest BCUT2D eigenvalue weighted by atomic mass is 79.9. The number of aliphatic hydroxyl groups excluding tert-OH is 1. The van der Waals surface area contributed by atoms with E-state index in [9.17, 15) is 0 Å². The van der Waals surface area contributed by atoms with Gasteiger partial charge in [-0.1, -0.05) is 34.1 Å². The first-order valence-electron chi connectivity index (χ1n) is 3.86. The van der Waals surface area contributed by atoms with Crippen molar-refractivity contribution in [1.29, 1.82) is 0 Å². The van der Waals surface area contributed by atoms with E-state index in [0.717, 1.165) is 10.0 Å². The Morgan fingerprint density at radius 2 is 2.08 bits per heavy atom. The highest BCUT2D eigenvalue weighted by Gasteiger charge is 2.07. The maximum atomic E-state index is 8.69. The maximum Gasteiger partial charge on any atom is 0.0449 e. The molecule has 0 unspecified atom stereocenters. The van der Waals surface area contributed by atoms with Crippen molar-refractivity contribution < 1.29 is 5.11 Å². The molecule has 0 amide bonds. The van der Waals surface area contributed by atoms with Gasteiger partial charge in [0.15, 0.2) is 0 Å². The van der Waals surface area contributed by atoms with Gasteiger partial charge in [-0.15, -0.1) is 0 Å². The average Bonchev–Trinajstić information content (AvgIpc) is 2.05. The maximum absolute atomic E-state index is 8.69. The molecule has 0 radical (unpaired) electrons. The van der Waals surface area contributed by atoms with Gasteiger partial charge in [-0.2, -0.15) is 0 Å². The quantitative estimate of drug-likeness (QED) is 0.832. The summed E-state index contributed by atoms with van der Waals surface area (Å²) in [4.78, 5) is 0. The van der Waals surface area contributed by atoms with E-state index in [-0.39, 0.29) is 12.6 Å². The zero-order valence-electron chi connectivity index (χ0n) is 6.70. The molecular formula is C9H12BrNO. The van der Waals surface area contributed by atoms with Gasteiger partial charge in [0, 0.05) is 17.1 Å². The van der Waals surface area contributed by atoms with Gasteiger partial charge < -0.3 is 10.8 Å². The summed E-state index contributed by atoms with van der Waals surface area (Å²) in [5.74, 6) is 0. The fourth-order valence-electron chi connectivity index (χ4n) is 1.07. The van der Waals surface area contributed by atoms with Gasteiger partial charge in [-0.3, -0.25) is 0 Å². The van der Waals surface area contributed by atoms with Crippen molar-refractivity contribution in [3.8, 4) is 0 Å². The van der Waals surface area contributed by atoms with Crippen LogP contribution in [0.25, 0.3) is 0 Å². The second-order valence-corrected chi connectivity index (χ2v) is 3.49. The molecule has 0 fully saturated rings. The summed E-state index contributed by atoms with van der Waals surface area (Å²) < 4.78 is 1.01. The second kappa shape index (κ2) is 4.60. The fraction of sp³-hybridized carbons (Fsp3) is 0.333. The number of hydrogen-bond acceptors (Lipinski definition) is 2. The molecule has 0 saturated carbocycles. The summed E-state index contributed by atoms with van der Waals surface area (Å²) >= 11 is 3.41. The van der Waals surface area contributed by atoms with Crippen molar-refractivity contribution in [1.82, 2.24) is 0 Å². The lowest BCUT2D eigenvalue weighted by Gasteiger charge is -2.11. The van der Waals surface area contributed by atoms with E-state index >= 15 is 0 Å². The Kier molecular flexibility index (Phi) is 3.72. The minimum Gasteiger partial charge on any atom is -0.396 e. The van der Waals surface area contributed by atoms with Crippen LogP contribution in [0.5, 0.6) is 0 Å². The van der Waals surface area contributed by atoms with Gasteiger partial charge in [0.05, 0.1) is 0 Å². The van der Waals surface area contributed by atoms with Crippen molar-refractivity contribution in [2.45, 2.75) is 12.5 Å². The standard InChI is InChI=1S/C9H12BrNO/c10-8-4-2-1-3-7(8)9(11)5-6-12/h1-4,9,12H,5-6,11H2/t9-/m0/s1. The van der Waals surface area contributed by atoms with E-state index in [1.807, 2.05) is 24.3 Å². The summed E-state index contributed by atoms with van der Waals surface area (Å²) in [6.07, 6.45) is 0.600. The lowest BCUT2D eigenvalue weighted by molar-refractivity contribution is 0.276. The molecule has 3 N–H and O–H groups in total. The normalized spacial score (nSPS) is 12.9. The lowest BCUT2D eigenvalue weighted by Crippen LogP contribution is -2.12. The van der Waals surface area contributed by atoms with E-state index in [4.69, 9.17) is 10.8 Å². The van der Waals surface area contributed by atoms with Crippen LogP contribution in [0, 0.1) is 0 Å². The van der Waals surface area contributed by atoms with Crippen LogP contribution in [0.4, 0.5) is 0 Å². The molecule has 1 rings (SSSR count). The minimum absolute atomic E-state index is 0.0782. The van der Waals surface area contributed by atoms with Gasteiger partial charge >= 0.3 is 0 Å². The van der Waals surface area contributed by atoms with Crippen molar-refractivity contribution in [3.05, 3.63) is 34.3 Å². The molecular weight excluding hydrogens is 218 g/mol. The molecule has 0 aliphatic rings. The van der Waals surface area contributed by atoms with Crippen LogP contribution < -0.4 is 5.73 Å². The Morgan fingerprint density at radius 3 is 2.67 bits per heavy atom. The third kappa shape index (κ3) is 2.30. The summed E-state index contributed by atoms with van der Waals surface area (Å²) in [6.45, 7) is 0.127. The number of hydrogen-bond donors (Lipinski definition) is 2. The zero-order chi connectivity index (χ0) is 8.97. The first-order chi connectivity index (χ1) is 5.75. The second-order valence-electron chi connectivity index (χ2n) is 2.64. The van der Waals surface area contributed by atoms with E-state index in [1.54, 1.807) is 0 Å². The average molecular weight is 230 g/mol. The minimum atomic E-state index is -0.0782. The number of nitrogens with two attached hydrogens (primary N) is 1.